The van der Waals surface area contributed by atoms with Gasteiger partial charge in [0.15, 0.2) is 0 Å². The normalized spacial score (nSPS) is 7.25. The molecule has 0 aliphatic heterocycles. The van der Waals surface area contributed by atoms with E-state index in [1.807, 2.05) is 0 Å². The van der Waals surface area contributed by atoms with Crippen LogP contribution in [0.1, 0.15) is 0 Å². The van der Waals surface area contributed by atoms with Gasteiger partial charge >= 0.3 is 48.3 Å². The second kappa shape index (κ2) is 8.82. The van der Waals surface area contributed by atoms with Crippen molar-refractivity contribution in [3.05, 3.63) is 0 Å². The van der Waals surface area contributed by atoms with Gasteiger partial charge in [0.2, 0.25) is 0 Å². The summed E-state index contributed by atoms with van der Waals surface area (Å²) in [6.45, 7) is 0. The molecule has 0 aliphatic carbocycles. The summed E-state index contributed by atoms with van der Waals surface area (Å²) in [6.07, 6.45) is 0. The molecule has 0 atom stereocenters. The molecule has 0 saturated carbocycles. The molecule has 8 heteroatoms. The number of hydrogen-bond donors (Lipinski definition) is 2. The fourth-order valence-corrected chi connectivity index (χ4v) is 0. The van der Waals surface area contributed by atoms with Gasteiger partial charge in [0.25, 0.3) is 0 Å². The van der Waals surface area contributed by atoms with Crippen molar-refractivity contribution in [3.63, 3.8) is 0 Å². The molecule has 0 saturated heterocycles. The van der Waals surface area contributed by atoms with Crippen LogP contribution < -0.4 is 0 Å². The second-order valence-electron chi connectivity index (χ2n) is 0.415. The Morgan fingerprint density at radius 1 is 1.12 bits per heavy atom. The number of rotatable bonds is 0. The standard InChI is InChI=1S/Li.Mn.Ni.2H2O.2O.W.H/h;;;2*1H2;;;;/q;+2;;;;;;;/p-2. The quantitative estimate of drug-likeness (QED) is 0.483. The summed E-state index contributed by atoms with van der Waals surface area (Å²) in [7, 11) is 0. The molecule has 2 N–H and O–H groups in total. The molecule has 8 heavy (non-hydrogen) atoms. The number of hydrogen-bond acceptors (Lipinski definition) is 2. The molecular weight excluding hydrogens is 368 g/mol. The summed E-state index contributed by atoms with van der Waals surface area (Å²) in [5.74, 6) is 0. The largest absolute Gasteiger partial charge is 0 e. The van der Waals surface area contributed by atoms with Crippen LogP contribution in [0.5, 0.6) is 0 Å². The Bertz CT molecular complexity index is 99.2. The van der Waals surface area contributed by atoms with Crippen LogP contribution in [-0.4, -0.2) is 27.2 Å². The van der Waals surface area contributed by atoms with Crippen LogP contribution in [0.2, 0.25) is 0 Å². The summed E-state index contributed by atoms with van der Waals surface area (Å²) >= 11 is -5.12. The van der Waals surface area contributed by atoms with Crippen molar-refractivity contribution in [1.29, 1.82) is 0 Å². The molecule has 0 aliphatic rings. The zero-order valence-corrected chi connectivity index (χ0v) is 7.91. The van der Waals surface area contributed by atoms with E-state index < -0.39 is 13.4 Å². The topological polar surface area (TPSA) is 74.6 Å². The molecule has 51 valence electrons. The summed E-state index contributed by atoms with van der Waals surface area (Å²) in [6, 6.07) is 0. The van der Waals surface area contributed by atoms with Gasteiger partial charge in [0, 0.05) is 37.6 Å². The minimum absolute atomic E-state index is 0. The molecule has 0 aromatic carbocycles. The van der Waals surface area contributed by atoms with Crippen LogP contribution in [0.4, 0.5) is 0 Å². The van der Waals surface area contributed by atoms with E-state index in [-0.39, 0.29) is 56.4 Å². The third kappa shape index (κ3) is 110. The second-order valence-corrected chi connectivity index (χ2v) is 1.71. The van der Waals surface area contributed by atoms with Crippen molar-refractivity contribution < 1.29 is 67.0 Å². The fraction of sp³-hybridized carbons (Fsp3) is 0. The van der Waals surface area contributed by atoms with Crippen LogP contribution in [0.25, 0.3) is 0 Å². The van der Waals surface area contributed by atoms with E-state index in [0.717, 1.165) is 0 Å². The van der Waals surface area contributed by atoms with Gasteiger partial charge in [0.1, 0.15) is 0 Å². The van der Waals surface area contributed by atoms with Crippen LogP contribution in [0.15, 0.2) is 0 Å². The van der Waals surface area contributed by atoms with Gasteiger partial charge < -0.3 is 0 Å². The molecule has 0 heterocycles. The Morgan fingerprint density at radius 2 is 1.12 bits per heavy atom. The third-order valence-corrected chi connectivity index (χ3v) is 0. The summed E-state index contributed by atoms with van der Waals surface area (Å²) in [4.78, 5) is 0. The Kier molecular flexibility index (Phi) is 24.9. The molecule has 0 fully saturated rings. The molecule has 0 rings (SSSR count). The molecule has 0 aromatic rings. The Morgan fingerprint density at radius 3 is 1.12 bits per heavy atom. The van der Waals surface area contributed by atoms with Crippen LogP contribution in [0.3, 0.4) is 0 Å². The van der Waals surface area contributed by atoms with Gasteiger partial charge in [-0.25, -0.2) is 0 Å². The van der Waals surface area contributed by atoms with Crippen LogP contribution >= 0.6 is 0 Å². The first-order valence-electron chi connectivity index (χ1n) is 0.647. The van der Waals surface area contributed by atoms with E-state index >= 15 is 0 Å². The molecule has 0 amide bonds. The van der Waals surface area contributed by atoms with Crippen molar-refractivity contribution in [3.8, 4) is 0 Å². The Balaban J connectivity index is -0.0000000267. The minimum atomic E-state index is -5.12. The smallest absolute Gasteiger partial charge is 0 e. The third-order valence-electron chi connectivity index (χ3n) is 0. The fourth-order valence-electron chi connectivity index (χ4n) is 0. The molecule has 0 radical (unpaired) electrons. The first kappa shape index (κ1) is 22.6. The molecule has 0 aromatic heterocycles. The van der Waals surface area contributed by atoms with Gasteiger partial charge in [-0.3, -0.25) is 0 Å². The predicted octanol–water partition coefficient (Wildman–Crippen LogP) is -2.01. The van der Waals surface area contributed by atoms with Crippen molar-refractivity contribution in [2.75, 3.05) is 0 Å². The summed E-state index contributed by atoms with van der Waals surface area (Å²) in [5, 5.41) is 0. The minimum Gasteiger partial charge on any atom is 0 e. The van der Waals surface area contributed by atoms with Crippen LogP contribution in [0, 0.1) is 0 Å². The maximum absolute atomic E-state index is 8.80. The van der Waals surface area contributed by atoms with Crippen molar-refractivity contribution in [2.24, 2.45) is 0 Å². The van der Waals surface area contributed by atoms with Crippen LogP contribution in [-0.2, 0) is 58.6 Å². The average molecular weight is 371 g/mol. The van der Waals surface area contributed by atoms with E-state index in [9.17, 15) is 0 Å². The predicted molar refractivity (Wildman–Crippen MR) is 13.0 cm³/mol. The molecule has 0 unspecified atom stereocenters. The maximum Gasteiger partial charge on any atom is 0 e. The average Bonchev–Trinajstić information content (AvgIpc) is 0.722. The Hall–Kier alpha value is 1.82. The molecular formula is H3LiMnNiO4W. The zero-order chi connectivity index (χ0) is 4.50. The summed E-state index contributed by atoms with van der Waals surface area (Å²) < 4.78 is 31.8. The van der Waals surface area contributed by atoms with Gasteiger partial charge in [0.05, 0.1) is 0 Å². The van der Waals surface area contributed by atoms with E-state index in [4.69, 9.17) is 16.0 Å². The van der Waals surface area contributed by atoms with Gasteiger partial charge in [-0.2, -0.15) is 0 Å². The SMILES string of the molecule is [LiH].[Ni].[O]=[Mn](=[O])([OH])[OH].[W]. The van der Waals surface area contributed by atoms with Gasteiger partial charge in [-0.05, 0) is 0 Å². The molecule has 0 spiro atoms. The van der Waals surface area contributed by atoms with Crippen molar-refractivity contribution in [2.45, 2.75) is 0 Å². The van der Waals surface area contributed by atoms with E-state index in [1.54, 1.807) is 0 Å². The molecule has 4 nitrogen and oxygen atoms in total. The first-order valence-corrected chi connectivity index (χ1v) is 2.67. The van der Waals surface area contributed by atoms with Gasteiger partial charge in [-0.15, -0.1) is 0 Å². The monoisotopic (exact) mass is 371 g/mol. The summed E-state index contributed by atoms with van der Waals surface area (Å²) in [5.41, 5.74) is 0. The van der Waals surface area contributed by atoms with Crippen molar-refractivity contribution >= 4 is 18.9 Å². The van der Waals surface area contributed by atoms with Crippen molar-refractivity contribution in [1.82, 2.24) is 0 Å². The first-order chi connectivity index (χ1) is 2.00. The zero-order valence-electron chi connectivity index (χ0n) is 2.81. The van der Waals surface area contributed by atoms with Gasteiger partial charge in [-0.1, -0.05) is 0 Å². The Labute approximate surface area is 85.1 Å². The molecule has 0 bridgehead atoms. The van der Waals surface area contributed by atoms with E-state index in [2.05, 4.69) is 0 Å². The van der Waals surface area contributed by atoms with E-state index in [0.29, 0.717) is 0 Å². The maximum atomic E-state index is 8.80. The van der Waals surface area contributed by atoms with E-state index in [1.165, 1.54) is 0 Å².